The summed E-state index contributed by atoms with van der Waals surface area (Å²) in [5.41, 5.74) is -2.06. The van der Waals surface area contributed by atoms with Crippen LogP contribution in [0.25, 0.3) is 0 Å². The quantitative estimate of drug-likeness (QED) is 0.788. The molecule has 1 aliphatic heterocycles. The zero-order valence-electron chi connectivity index (χ0n) is 12.4. The summed E-state index contributed by atoms with van der Waals surface area (Å²) in [6.45, 7) is 7.17. The van der Waals surface area contributed by atoms with Gasteiger partial charge in [0.1, 0.15) is 11.1 Å². The number of rotatable bonds is 2. The smallest absolute Gasteiger partial charge is 0.408 e. The lowest BCUT2D eigenvalue weighted by molar-refractivity contribution is -0.149. The molecule has 0 aromatic carbocycles. The van der Waals surface area contributed by atoms with E-state index >= 15 is 0 Å². The van der Waals surface area contributed by atoms with Crippen LogP contribution in [0.5, 0.6) is 0 Å². The number of ether oxygens (including phenoxy) is 1. The van der Waals surface area contributed by atoms with Gasteiger partial charge in [0.2, 0.25) is 5.91 Å². The van der Waals surface area contributed by atoms with E-state index in [9.17, 15) is 19.5 Å². The molecule has 0 aromatic heterocycles. The summed E-state index contributed by atoms with van der Waals surface area (Å²) in [6.07, 6.45) is -0.418. The van der Waals surface area contributed by atoms with Crippen LogP contribution in [0.2, 0.25) is 0 Å². The van der Waals surface area contributed by atoms with E-state index in [-0.39, 0.29) is 18.7 Å². The van der Waals surface area contributed by atoms with Crippen LogP contribution < -0.4 is 5.32 Å². The molecule has 0 atom stereocenters. The van der Waals surface area contributed by atoms with Crippen molar-refractivity contribution >= 4 is 18.0 Å². The van der Waals surface area contributed by atoms with Gasteiger partial charge in [0, 0.05) is 20.0 Å². The Morgan fingerprint density at radius 2 is 1.70 bits per heavy atom. The molecule has 1 saturated heterocycles. The van der Waals surface area contributed by atoms with E-state index in [1.165, 1.54) is 6.92 Å². The van der Waals surface area contributed by atoms with E-state index in [0.717, 1.165) is 0 Å². The second-order valence-corrected chi connectivity index (χ2v) is 6.02. The van der Waals surface area contributed by atoms with Crippen LogP contribution in [0.3, 0.4) is 0 Å². The van der Waals surface area contributed by atoms with Crippen LogP contribution in [-0.4, -0.2) is 52.2 Å². The molecule has 0 bridgehead atoms. The molecular weight excluding hydrogens is 264 g/mol. The lowest BCUT2D eigenvalue weighted by atomic mass is 9.87. The Balaban J connectivity index is 2.73. The molecule has 0 aliphatic carbocycles. The summed E-state index contributed by atoms with van der Waals surface area (Å²) in [5.74, 6) is -1.20. The second kappa shape index (κ2) is 5.68. The van der Waals surface area contributed by atoms with Crippen molar-refractivity contribution in [1.82, 2.24) is 10.2 Å². The molecular formula is C13H22N2O5. The maximum Gasteiger partial charge on any atom is 0.408 e. The topological polar surface area (TPSA) is 95.9 Å². The Kier molecular flexibility index (Phi) is 4.62. The number of nitrogens with zero attached hydrogens (tertiary/aromatic N) is 1. The van der Waals surface area contributed by atoms with Crippen molar-refractivity contribution < 1.29 is 24.2 Å². The third-order valence-corrected chi connectivity index (χ3v) is 3.21. The van der Waals surface area contributed by atoms with E-state index in [1.54, 1.807) is 25.7 Å². The van der Waals surface area contributed by atoms with Gasteiger partial charge < -0.3 is 20.1 Å². The lowest BCUT2D eigenvalue weighted by Gasteiger charge is -2.39. The number of amides is 2. The fraction of sp³-hybridized carbons (Fsp3) is 0.769. The number of carboxylic acids is 1. The minimum atomic E-state index is -1.37. The molecule has 0 unspecified atom stereocenters. The Hall–Kier alpha value is -1.79. The number of aliphatic carboxylic acids is 1. The highest BCUT2D eigenvalue weighted by atomic mass is 16.6. The molecule has 0 saturated carbocycles. The normalized spacial score (nSPS) is 18.3. The number of nitrogens with one attached hydrogen (secondary N) is 1. The number of likely N-dealkylation sites (tertiary alicyclic amines) is 1. The molecule has 1 rings (SSSR count). The van der Waals surface area contributed by atoms with Gasteiger partial charge in [0.15, 0.2) is 0 Å². The number of carboxylic acid groups (broad SMARTS) is 1. The van der Waals surface area contributed by atoms with Gasteiger partial charge in [-0.15, -0.1) is 0 Å². The molecule has 2 N–H and O–H groups in total. The first-order valence-electron chi connectivity index (χ1n) is 6.56. The minimum absolute atomic E-state index is 0.0961. The molecule has 2 amide bonds. The average Bonchev–Trinajstić information content (AvgIpc) is 2.26. The van der Waals surface area contributed by atoms with Crippen molar-refractivity contribution in [3.63, 3.8) is 0 Å². The van der Waals surface area contributed by atoms with Gasteiger partial charge in [0.05, 0.1) is 0 Å². The first-order valence-corrected chi connectivity index (χ1v) is 6.56. The lowest BCUT2D eigenvalue weighted by Crippen LogP contribution is -2.61. The summed E-state index contributed by atoms with van der Waals surface area (Å²) >= 11 is 0. The van der Waals surface area contributed by atoms with Gasteiger partial charge in [-0.05, 0) is 33.6 Å². The SMILES string of the molecule is CC(=O)N1CCC(NC(=O)OC(C)(C)C)(C(=O)O)CC1. The Morgan fingerprint density at radius 1 is 1.20 bits per heavy atom. The van der Waals surface area contributed by atoms with Crippen LogP contribution >= 0.6 is 0 Å². The van der Waals surface area contributed by atoms with Crippen molar-refractivity contribution in [2.45, 2.75) is 51.7 Å². The van der Waals surface area contributed by atoms with E-state index in [4.69, 9.17) is 4.74 Å². The Labute approximate surface area is 118 Å². The van der Waals surface area contributed by atoms with Crippen molar-refractivity contribution in [1.29, 1.82) is 0 Å². The van der Waals surface area contributed by atoms with Gasteiger partial charge in [0.25, 0.3) is 0 Å². The standard InChI is InChI=1S/C13H22N2O5/c1-9(16)15-7-5-13(6-8-15,10(17)18)14-11(19)20-12(2,3)4/h5-8H2,1-4H3,(H,14,19)(H,17,18). The summed E-state index contributed by atoms with van der Waals surface area (Å²) in [5, 5.41) is 11.8. The summed E-state index contributed by atoms with van der Waals surface area (Å²) in [6, 6.07) is 0. The highest BCUT2D eigenvalue weighted by molar-refractivity contribution is 5.85. The summed E-state index contributed by atoms with van der Waals surface area (Å²) in [7, 11) is 0. The number of hydrogen-bond donors (Lipinski definition) is 2. The fourth-order valence-electron chi connectivity index (χ4n) is 2.09. The van der Waals surface area contributed by atoms with E-state index < -0.39 is 23.2 Å². The Bertz CT molecular complexity index is 405. The fourth-order valence-corrected chi connectivity index (χ4v) is 2.09. The van der Waals surface area contributed by atoms with Crippen LogP contribution in [0.15, 0.2) is 0 Å². The van der Waals surface area contributed by atoms with Gasteiger partial charge in [-0.1, -0.05) is 0 Å². The van der Waals surface area contributed by atoms with Crippen LogP contribution in [-0.2, 0) is 14.3 Å². The van der Waals surface area contributed by atoms with Crippen LogP contribution in [0.1, 0.15) is 40.5 Å². The minimum Gasteiger partial charge on any atom is -0.480 e. The average molecular weight is 286 g/mol. The van der Waals surface area contributed by atoms with Crippen molar-refractivity contribution in [3.8, 4) is 0 Å². The first-order chi connectivity index (χ1) is 9.06. The molecule has 1 aliphatic rings. The number of alkyl carbamates (subject to hydrolysis) is 1. The molecule has 1 fully saturated rings. The molecule has 114 valence electrons. The third-order valence-electron chi connectivity index (χ3n) is 3.21. The highest BCUT2D eigenvalue weighted by Gasteiger charge is 2.44. The van der Waals surface area contributed by atoms with Crippen molar-refractivity contribution in [2.75, 3.05) is 13.1 Å². The maximum atomic E-state index is 11.8. The van der Waals surface area contributed by atoms with Crippen LogP contribution in [0.4, 0.5) is 4.79 Å². The first kappa shape index (κ1) is 16.3. The molecule has 0 aromatic rings. The van der Waals surface area contributed by atoms with Crippen molar-refractivity contribution in [2.24, 2.45) is 0 Å². The van der Waals surface area contributed by atoms with Gasteiger partial charge in [-0.3, -0.25) is 4.79 Å². The molecule has 7 heteroatoms. The van der Waals surface area contributed by atoms with Gasteiger partial charge in [-0.25, -0.2) is 9.59 Å². The monoisotopic (exact) mass is 286 g/mol. The predicted molar refractivity (Wildman–Crippen MR) is 71.2 cm³/mol. The van der Waals surface area contributed by atoms with Gasteiger partial charge in [-0.2, -0.15) is 0 Å². The second-order valence-electron chi connectivity index (χ2n) is 6.02. The Morgan fingerprint density at radius 3 is 2.05 bits per heavy atom. The van der Waals surface area contributed by atoms with Crippen molar-refractivity contribution in [3.05, 3.63) is 0 Å². The predicted octanol–water partition coefficient (Wildman–Crippen LogP) is 0.977. The van der Waals surface area contributed by atoms with Gasteiger partial charge >= 0.3 is 12.1 Å². The maximum absolute atomic E-state index is 11.8. The number of piperidine rings is 1. The molecule has 1 heterocycles. The molecule has 20 heavy (non-hydrogen) atoms. The van der Waals surface area contributed by atoms with E-state index in [0.29, 0.717) is 13.1 Å². The number of hydrogen-bond acceptors (Lipinski definition) is 4. The molecule has 0 spiro atoms. The molecule has 0 radical (unpaired) electrons. The summed E-state index contributed by atoms with van der Waals surface area (Å²) in [4.78, 5) is 36.1. The largest absolute Gasteiger partial charge is 0.480 e. The van der Waals surface area contributed by atoms with E-state index in [2.05, 4.69) is 5.32 Å². The zero-order valence-corrected chi connectivity index (χ0v) is 12.4. The van der Waals surface area contributed by atoms with Crippen LogP contribution in [0, 0.1) is 0 Å². The number of carbonyl (C=O) groups is 3. The van der Waals surface area contributed by atoms with E-state index in [1.807, 2.05) is 0 Å². The summed E-state index contributed by atoms with van der Waals surface area (Å²) < 4.78 is 5.10. The number of carbonyl (C=O) groups excluding carboxylic acids is 2. The molecule has 7 nitrogen and oxygen atoms in total. The third kappa shape index (κ3) is 4.11. The zero-order chi connectivity index (χ0) is 15.6. The highest BCUT2D eigenvalue weighted by Crippen LogP contribution is 2.23.